The maximum atomic E-state index is 12.2. The average molecular weight is 287 g/mol. The molecule has 0 unspecified atom stereocenters. The molecule has 1 fully saturated rings. The molecule has 1 saturated heterocycles. The van der Waals surface area contributed by atoms with Gasteiger partial charge in [0.15, 0.2) is 0 Å². The summed E-state index contributed by atoms with van der Waals surface area (Å²) < 4.78 is 7.32. The van der Waals surface area contributed by atoms with Gasteiger partial charge in [0.2, 0.25) is 5.91 Å². The monoisotopic (exact) mass is 287 g/mol. The van der Waals surface area contributed by atoms with E-state index in [1.54, 1.807) is 0 Å². The largest absolute Gasteiger partial charge is 0.381 e. The smallest absolute Gasteiger partial charge is 0.226 e. The number of nitrogens with one attached hydrogen (secondary N) is 1. The maximum absolute atomic E-state index is 12.2. The van der Waals surface area contributed by atoms with Gasteiger partial charge in [-0.1, -0.05) is 6.07 Å². The molecular formula is C16H21N3O2. The van der Waals surface area contributed by atoms with Crippen LogP contribution in [0.5, 0.6) is 0 Å². The van der Waals surface area contributed by atoms with E-state index < -0.39 is 0 Å². The molecule has 0 atom stereocenters. The van der Waals surface area contributed by atoms with E-state index in [9.17, 15) is 4.79 Å². The second-order valence-electron chi connectivity index (χ2n) is 5.61. The molecule has 0 bridgehead atoms. The van der Waals surface area contributed by atoms with Crippen LogP contribution in [-0.4, -0.2) is 35.1 Å². The summed E-state index contributed by atoms with van der Waals surface area (Å²) in [6.07, 6.45) is 4.40. The first-order chi connectivity index (χ1) is 10.2. The first kappa shape index (κ1) is 14.1. The van der Waals surface area contributed by atoms with Crippen molar-refractivity contribution in [3.05, 3.63) is 35.8 Å². The molecule has 1 N–H and O–H groups in total. The molecule has 0 saturated carbocycles. The molecule has 5 nitrogen and oxygen atoms in total. The highest BCUT2D eigenvalue weighted by Crippen LogP contribution is 2.14. The standard InChI is InChI=1S/C16H21N3O2/c1-12-14(19-7-3-2-4-15(19)18-12)10-16(20)17-11-13-5-8-21-9-6-13/h2-4,7,13H,5-6,8-11H2,1H3,(H,17,20). The van der Waals surface area contributed by atoms with Gasteiger partial charge >= 0.3 is 0 Å². The highest BCUT2D eigenvalue weighted by molar-refractivity contribution is 5.78. The number of carbonyl (C=O) groups excluding carboxylic acids is 1. The van der Waals surface area contributed by atoms with Crippen molar-refractivity contribution in [3.63, 3.8) is 0 Å². The molecule has 0 aromatic carbocycles. The van der Waals surface area contributed by atoms with Crippen molar-refractivity contribution in [3.8, 4) is 0 Å². The lowest BCUT2D eigenvalue weighted by Gasteiger charge is -2.22. The van der Waals surface area contributed by atoms with Gasteiger partial charge in [0.05, 0.1) is 17.8 Å². The first-order valence-electron chi connectivity index (χ1n) is 7.51. The molecule has 1 amide bonds. The van der Waals surface area contributed by atoms with E-state index in [-0.39, 0.29) is 5.91 Å². The molecule has 112 valence electrons. The number of aryl methyl sites for hydroxylation is 1. The van der Waals surface area contributed by atoms with Gasteiger partial charge in [-0.15, -0.1) is 0 Å². The minimum absolute atomic E-state index is 0.0650. The number of rotatable bonds is 4. The van der Waals surface area contributed by atoms with Gasteiger partial charge in [-0.2, -0.15) is 0 Å². The third-order valence-electron chi connectivity index (χ3n) is 4.09. The summed E-state index contributed by atoms with van der Waals surface area (Å²) in [6, 6.07) is 5.87. The third kappa shape index (κ3) is 3.24. The Hall–Kier alpha value is -1.88. The third-order valence-corrected chi connectivity index (χ3v) is 4.09. The zero-order valence-electron chi connectivity index (χ0n) is 12.3. The Morgan fingerprint density at radius 3 is 3.05 bits per heavy atom. The number of fused-ring (bicyclic) bond motifs is 1. The quantitative estimate of drug-likeness (QED) is 0.931. The fraction of sp³-hybridized carbons (Fsp3) is 0.500. The van der Waals surface area contributed by atoms with Crippen molar-refractivity contribution in [2.75, 3.05) is 19.8 Å². The molecule has 3 heterocycles. The molecule has 1 aliphatic rings. The number of amides is 1. The Bertz CT molecular complexity index is 629. The van der Waals surface area contributed by atoms with E-state index in [2.05, 4.69) is 10.3 Å². The lowest BCUT2D eigenvalue weighted by molar-refractivity contribution is -0.120. The summed E-state index contributed by atoms with van der Waals surface area (Å²) in [7, 11) is 0. The van der Waals surface area contributed by atoms with E-state index in [4.69, 9.17) is 4.74 Å². The topological polar surface area (TPSA) is 55.6 Å². The Labute approximate surface area is 124 Å². The molecular weight excluding hydrogens is 266 g/mol. The molecule has 2 aromatic rings. The normalized spacial score (nSPS) is 16.2. The summed E-state index contributed by atoms with van der Waals surface area (Å²) in [6.45, 7) is 4.33. The number of carbonyl (C=O) groups is 1. The number of hydrogen-bond acceptors (Lipinski definition) is 3. The molecule has 0 radical (unpaired) electrons. The lowest BCUT2D eigenvalue weighted by atomic mass is 10.0. The summed E-state index contributed by atoms with van der Waals surface area (Å²) in [5.41, 5.74) is 2.78. The lowest BCUT2D eigenvalue weighted by Crippen LogP contribution is -2.33. The number of aromatic nitrogens is 2. The number of pyridine rings is 1. The summed E-state index contributed by atoms with van der Waals surface area (Å²) >= 11 is 0. The minimum atomic E-state index is 0.0650. The summed E-state index contributed by atoms with van der Waals surface area (Å²) in [4.78, 5) is 16.6. The SMILES string of the molecule is Cc1nc2ccccn2c1CC(=O)NCC1CCOCC1. The van der Waals surface area contributed by atoms with Crippen LogP contribution in [0, 0.1) is 12.8 Å². The molecule has 1 aliphatic heterocycles. The summed E-state index contributed by atoms with van der Waals surface area (Å²) in [5, 5.41) is 3.05. The van der Waals surface area contributed by atoms with Crippen molar-refractivity contribution in [1.29, 1.82) is 0 Å². The number of hydrogen-bond donors (Lipinski definition) is 1. The fourth-order valence-electron chi connectivity index (χ4n) is 2.80. The minimum Gasteiger partial charge on any atom is -0.381 e. The van der Waals surface area contributed by atoms with E-state index in [1.165, 1.54) is 0 Å². The van der Waals surface area contributed by atoms with Gasteiger partial charge in [-0.3, -0.25) is 4.79 Å². The van der Waals surface area contributed by atoms with Crippen LogP contribution in [-0.2, 0) is 16.0 Å². The maximum Gasteiger partial charge on any atom is 0.226 e. The highest BCUT2D eigenvalue weighted by atomic mass is 16.5. The zero-order chi connectivity index (χ0) is 14.7. The number of imidazole rings is 1. The fourth-order valence-corrected chi connectivity index (χ4v) is 2.80. The highest BCUT2D eigenvalue weighted by Gasteiger charge is 2.16. The van der Waals surface area contributed by atoms with Crippen molar-refractivity contribution < 1.29 is 9.53 Å². The molecule has 3 rings (SSSR count). The van der Waals surface area contributed by atoms with Gasteiger partial charge in [0.25, 0.3) is 0 Å². The number of nitrogens with zero attached hydrogens (tertiary/aromatic N) is 2. The summed E-state index contributed by atoms with van der Waals surface area (Å²) in [5.74, 6) is 0.612. The van der Waals surface area contributed by atoms with E-state index in [1.807, 2.05) is 35.7 Å². The molecule has 5 heteroatoms. The van der Waals surface area contributed by atoms with Crippen molar-refractivity contribution in [1.82, 2.24) is 14.7 Å². The van der Waals surface area contributed by atoms with Crippen molar-refractivity contribution in [2.24, 2.45) is 5.92 Å². The number of ether oxygens (including phenoxy) is 1. The van der Waals surface area contributed by atoms with E-state index in [0.717, 1.165) is 49.6 Å². The Balaban J connectivity index is 1.62. The average Bonchev–Trinajstić information content (AvgIpc) is 2.82. The first-order valence-corrected chi connectivity index (χ1v) is 7.51. The van der Waals surface area contributed by atoms with Crippen LogP contribution in [0.4, 0.5) is 0 Å². The van der Waals surface area contributed by atoms with Gasteiger partial charge in [0, 0.05) is 26.0 Å². The Morgan fingerprint density at radius 1 is 1.43 bits per heavy atom. The molecule has 21 heavy (non-hydrogen) atoms. The zero-order valence-corrected chi connectivity index (χ0v) is 12.3. The molecule has 0 spiro atoms. The van der Waals surface area contributed by atoms with Crippen LogP contribution < -0.4 is 5.32 Å². The van der Waals surface area contributed by atoms with Crippen LogP contribution in [0.1, 0.15) is 24.2 Å². The predicted octanol–water partition coefficient (Wildman–Crippen LogP) is 1.73. The second-order valence-corrected chi connectivity index (χ2v) is 5.61. The van der Waals surface area contributed by atoms with Crippen LogP contribution in [0.3, 0.4) is 0 Å². The Morgan fingerprint density at radius 2 is 2.24 bits per heavy atom. The van der Waals surface area contributed by atoms with Gasteiger partial charge in [0.1, 0.15) is 5.65 Å². The van der Waals surface area contributed by atoms with Crippen LogP contribution in [0.25, 0.3) is 5.65 Å². The Kier molecular flexibility index (Phi) is 4.20. The van der Waals surface area contributed by atoms with Crippen LogP contribution in [0.2, 0.25) is 0 Å². The van der Waals surface area contributed by atoms with Crippen LogP contribution >= 0.6 is 0 Å². The predicted molar refractivity (Wildman–Crippen MR) is 80.2 cm³/mol. The van der Waals surface area contributed by atoms with Gasteiger partial charge < -0.3 is 14.5 Å². The van der Waals surface area contributed by atoms with Gasteiger partial charge in [-0.25, -0.2) is 4.98 Å². The van der Waals surface area contributed by atoms with Crippen molar-refractivity contribution >= 4 is 11.6 Å². The molecule has 0 aliphatic carbocycles. The van der Waals surface area contributed by atoms with Crippen molar-refractivity contribution in [2.45, 2.75) is 26.2 Å². The van der Waals surface area contributed by atoms with Gasteiger partial charge in [-0.05, 0) is 37.8 Å². The van der Waals surface area contributed by atoms with E-state index >= 15 is 0 Å². The van der Waals surface area contributed by atoms with E-state index in [0.29, 0.717) is 12.3 Å². The second kappa shape index (κ2) is 6.26. The van der Waals surface area contributed by atoms with Crippen LogP contribution in [0.15, 0.2) is 24.4 Å². The molecule has 2 aromatic heterocycles.